The molecule has 0 unspecified atom stereocenters. The van der Waals surface area contributed by atoms with E-state index in [1.54, 1.807) is 6.07 Å². The number of anilines is 1. The predicted molar refractivity (Wildman–Crippen MR) is 104 cm³/mol. The van der Waals surface area contributed by atoms with Crippen LogP contribution in [0.1, 0.15) is 5.56 Å². The maximum Gasteiger partial charge on any atom is 0.329 e. The third-order valence-electron chi connectivity index (χ3n) is 3.46. The fraction of sp³-hybridized carbons (Fsp3) is 0.0556. The summed E-state index contributed by atoms with van der Waals surface area (Å²) in [6, 6.07) is 13.9. The van der Waals surface area contributed by atoms with Gasteiger partial charge in [-0.25, -0.2) is 5.43 Å². The molecule has 3 aromatic rings. The average molecular weight is 397 g/mol. The summed E-state index contributed by atoms with van der Waals surface area (Å²) in [5, 5.41) is 24.3. The minimum atomic E-state index is -0.960. The summed E-state index contributed by atoms with van der Waals surface area (Å²) >= 11 is 1.15. The zero-order valence-electron chi connectivity index (χ0n) is 14.6. The summed E-state index contributed by atoms with van der Waals surface area (Å²) in [5.74, 6) is -1.64. The van der Waals surface area contributed by atoms with Gasteiger partial charge in [0.05, 0.1) is 13.3 Å². The molecule has 0 atom stereocenters. The van der Waals surface area contributed by atoms with Crippen LogP contribution in [0.2, 0.25) is 0 Å². The van der Waals surface area contributed by atoms with Crippen molar-refractivity contribution in [2.45, 2.75) is 0 Å². The van der Waals surface area contributed by atoms with Crippen molar-refractivity contribution in [2.24, 2.45) is 5.10 Å². The monoisotopic (exact) mass is 397 g/mol. The summed E-state index contributed by atoms with van der Waals surface area (Å²) < 4.78 is 4.98. The first kappa shape index (κ1) is 19.0. The first-order valence-electron chi connectivity index (χ1n) is 7.97. The van der Waals surface area contributed by atoms with Crippen molar-refractivity contribution < 1.29 is 19.4 Å². The number of aromatic nitrogens is 2. The molecule has 0 spiro atoms. The minimum Gasteiger partial charge on any atom is -0.504 e. The molecule has 2 aromatic carbocycles. The standard InChI is InChI=1S/C18H15N5O4S/c1-27-14-9-11(7-8-13(14)24)10-19-21-16(26)15(25)20-18-23-22-17(28-18)12-5-3-2-4-6-12/h2-10,24H,1H3,(H,21,26)(H,20,23,25)/b19-10+. The minimum absolute atomic E-state index is 0.0185. The number of phenolic OH excluding ortho intramolecular Hbond substituents is 1. The molecule has 10 heteroatoms. The highest BCUT2D eigenvalue weighted by Gasteiger charge is 2.16. The number of benzene rings is 2. The van der Waals surface area contributed by atoms with Crippen molar-refractivity contribution in [2.75, 3.05) is 12.4 Å². The van der Waals surface area contributed by atoms with Crippen molar-refractivity contribution in [3.05, 3.63) is 54.1 Å². The topological polar surface area (TPSA) is 126 Å². The molecule has 1 heterocycles. The van der Waals surface area contributed by atoms with Crippen LogP contribution in [0.3, 0.4) is 0 Å². The normalized spacial score (nSPS) is 10.6. The molecule has 0 aliphatic rings. The van der Waals surface area contributed by atoms with Gasteiger partial charge in [0.25, 0.3) is 0 Å². The molecule has 28 heavy (non-hydrogen) atoms. The van der Waals surface area contributed by atoms with Gasteiger partial charge >= 0.3 is 11.8 Å². The maximum absolute atomic E-state index is 11.9. The van der Waals surface area contributed by atoms with E-state index < -0.39 is 11.8 Å². The highest BCUT2D eigenvalue weighted by atomic mass is 32.1. The van der Waals surface area contributed by atoms with Crippen LogP contribution in [0, 0.1) is 0 Å². The number of hydrogen-bond acceptors (Lipinski definition) is 8. The van der Waals surface area contributed by atoms with Gasteiger partial charge in [-0.1, -0.05) is 41.7 Å². The Morgan fingerprint density at radius 2 is 1.93 bits per heavy atom. The van der Waals surface area contributed by atoms with E-state index in [2.05, 4.69) is 26.0 Å². The number of carbonyl (C=O) groups is 2. The summed E-state index contributed by atoms with van der Waals surface area (Å²) in [6.07, 6.45) is 1.31. The number of phenols is 1. The molecular weight excluding hydrogens is 382 g/mol. The number of hydrazone groups is 1. The Labute approximate surface area is 163 Å². The lowest BCUT2D eigenvalue weighted by Gasteiger charge is -2.03. The number of nitrogens with one attached hydrogen (secondary N) is 2. The van der Waals surface area contributed by atoms with Crippen LogP contribution in [0.15, 0.2) is 53.6 Å². The van der Waals surface area contributed by atoms with Crippen molar-refractivity contribution in [1.29, 1.82) is 0 Å². The molecule has 2 amide bonds. The van der Waals surface area contributed by atoms with Gasteiger partial charge in [0.15, 0.2) is 11.5 Å². The fourth-order valence-electron chi connectivity index (χ4n) is 2.12. The second kappa shape index (κ2) is 8.73. The Morgan fingerprint density at radius 1 is 1.14 bits per heavy atom. The summed E-state index contributed by atoms with van der Waals surface area (Å²) in [7, 11) is 1.42. The second-order valence-corrected chi connectivity index (χ2v) is 6.34. The Balaban J connectivity index is 1.56. The Hall–Kier alpha value is -3.79. The molecule has 142 valence electrons. The van der Waals surface area contributed by atoms with E-state index in [0.29, 0.717) is 10.6 Å². The molecule has 9 nitrogen and oxygen atoms in total. The Bertz CT molecular complexity index is 1020. The van der Waals surface area contributed by atoms with Crippen molar-refractivity contribution in [3.63, 3.8) is 0 Å². The lowest BCUT2D eigenvalue weighted by molar-refractivity contribution is -0.136. The molecule has 0 fully saturated rings. The highest BCUT2D eigenvalue weighted by molar-refractivity contribution is 7.18. The summed E-state index contributed by atoms with van der Waals surface area (Å²) in [5.41, 5.74) is 3.54. The van der Waals surface area contributed by atoms with E-state index in [0.717, 1.165) is 16.9 Å². The van der Waals surface area contributed by atoms with E-state index in [1.807, 2.05) is 30.3 Å². The number of carbonyl (C=O) groups excluding carboxylic acids is 2. The lowest BCUT2D eigenvalue weighted by atomic mass is 10.2. The fourth-order valence-corrected chi connectivity index (χ4v) is 2.86. The molecule has 1 aromatic heterocycles. The van der Waals surface area contributed by atoms with Gasteiger partial charge in [-0.3, -0.25) is 14.9 Å². The summed E-state index contributed by atoms with van der Waals surface area (Å²) in [6.45, 7) is 0. The van der Waals surface area contributed by atoms with Gasteiger partial charge in [-0.05, 0) is 23.8 Å². The number of nitrogens with zero attached hydrogens (tertiary/aromatic N) is 3. The predicted octanol–water partition coefficient (Wildman–Crippen LogP) is 2.01. The van der Waals surface area contributed by atoms with Gasteiger partial charge in [-0.2, -0.15) is 5.10 Å². The molecule has 0 saturated carbocycles. The van der Waals surface area contributed by atoms with Gasteiger partial charge in [0.1, 0.15) is 5.01 Å². The van der Waals surface area contributed by atoms with Crippen LogP contribution in [-0.2, 0) is 9.59 Å². The maximum atomic E-state index is 11.9. The molecule has 3 N–H and O–H groups in total. The molecule has 0 saturated heterocycles. The molecule has 3 rings (SSSR count). The van der Waals surface area contributed by atoms with Crippen molar-refractivity contribution >= 4 is 34.5 Å². The second-order valence-electron chi connectivity index (χ2n) is 5.36. The van der Waals surface area contributed by atoms with Gasteiger partial charge in [-0.15, -0.1) is 10.2 Å². The number of rotatable bonds is 5. The van der Waals surface area contributed by atoms with E-state index >= 15 is 0 Å². The number of methoxy groups -OCH3 is 1. The Morgan fingerprint density at radius 3 is 2.68 bits per heavy atom. The summed E-state index contributed by atoms with van der Waals surface area (Å²) in [4.78, 5) is 23.8. The van der Waals surface area contributed by atoms with E-state index in [1.165, 1.54) is 25.5 Å². The number of hydrogen-bond donors (Lipinski definition) is 3. The van der Waals surface area contributed by atoms with Gasteiger partial charge in [0, 0.05) is 5.56 Å². The van der Waals surface area contributed by atoms with Crippen LogP contribution in [0.25, 0.3) is 10.6 Å². The van der Waals surface area contributed by atoms with Crippen LogP contribution in [0.4, 0.5) is 5.13 Å². The van der Waals surface area contributed by atoms with Crippen LogP contribution in [-0.4, -0.2) is 40.4 Å². The number of ether oxygens (including phenoxy) is 1. The number of amides is 2. The quantitative estimate of drug-likeness (QED) is 0.343. The first-order valence-corrected chi connectivity index (χ1v) is 8.79. The molecule has 0 aliphatic heterocycles. The molecular formula is C18H15N5O4S. The zero-order valence-corrected chi connectivity index (χ0v) is 15.4. The van der Waals surface area contributed by atoms with E-state index in [4.69, 9.17) is 4.74 Å². The Kier molecular flexibility index (Phi) is 5.92. The van der Waals surface area contributed by atoms with Crippen molar-refractivity contribution in [1.82, 2.24) is 15.6 Å². The van der Waals surface area contributed by atoms with Gasteiger partial charge in [0.2, 0.25) is 5.13 Å². The van der Waals surface area contributed by atoms with Crippen LogP contribution in [0.5, 0.6) is 11.5 Å². The average Bonchev–Trinajstić information content (AvgIpc) is 3.18. The third-order valence-corrected chi connectivity index (χ3v) is 4.34. The zero-order chi connectivity index (χ0) is 19.9. The third kappa shape index (κ3) is 4.68. The van der Waals surface area contributed by atoms with Crippen LogP contribution >= 0.6 is 11.3 Å². The smallest absolute Gasteiger partial charge is 0.329 e. The van der Waals surface area contributed by atoms with E-state index in [9.17, 15) is 14.7 Å². The van der Waals surface area contributed by atoms with E-state index in [-0.39, 0.29) is 16.6 Å². The van der Waals surface area contributed by atoms with Crippen molar-refractivity contribution in [3.8, 4) is 22.1 Å². The molecule has 0 radical (unpaired) electrons. The molecule has 0 bridgehead atoms. The first-order chi connectivity index (χ1) is 13.6. The highest BCUT2D eigenvalue weighted by Crippen LogP contribution is 2.26. The molecule has 0 aliphatic carbocycles. The lowest BCUT2D eigenvalue weighted by Crippen LogP contribution is -2.32. The van der Waals surface area contributed by atoms with Crippen LogP contribution < -0.4 is 15.5 Å². The largest absolute Gasteiger partial charge is 0.504 e. The number of aromatic hydroxyl groups is 1. The SMILES string of the molecule is COc1cc(/C=N/NC(=O)C(=O)Nc2nnc(-c3ccccc3)s2)ccc1O. The van der Waals surface area contributed by atoms with Gasteiger partial charge < -0.3 is 9.84 Å².